The molecule has 5 rings (SSSR count). The third-order valence-corrected chi connectivity index (χ3v) is 8.01. The summed E-state index contributed by atoms with van der Waals surface area (Å²) in [7, 11) is 1.29. The first-order chi connectivity index (χ1) is 19.1. The number of anilines is 2. The summed E-state index contributed by atoms with van der Waals surface area (Å²) >= 11 is 0. The van der Waals surface area contributed by atoms with E-state index in [1.54, 1.807) is 24.0 Å². The van der Waals surface area contributed by atoms with Crippen molar-refractivity contribution in [3.8, 4) is 0 Å². The molecular formula is C30H33N5O5. The van der Waals surface area contributed by atoms with E-state index < -0.39 is 30.1 Å². The molecule has 3 aromatic rings. The van der Waals surface area contributed by atoms with Crippen LogP contribution >= 0.6 is 0 Å². The maximum atomic E-state index is 14.4. The molecule has 208 valence electrons. The third kappa shape index (κ3) is 4.85. The quantitative estimate of drug-likeness (QED) is 0.486. The Morgan fingerprint density at radius 3 is 2.40 bits per heavy atom. The molecule has 1 aromatic heterocycles. The van der Waals surface area contributed by atoms with Crippen molar-refractivity contribution < 1.29 is 24.3 Å². The van der Waals surface area contributed by atoms with Gasteiger partial charge in [0, 0.05) is 25.6 Å². The minimum atomic E-state index is -1.26. The van der Waals surface area contributed by atoms with Gasteiger partial charge in [0.1, 0.15) is 12.1 Å². The fraction of sp³-hybridized carbons (Fsp3) is 0.367. The van der Waals surface area contributed by atoms with Crippen molar-refractivity contribution in [1.29, 1.82) is 0 Å². The van der Waals surface area contributed by atoms with Gasteiger partial charge in [-0.05, 0) is 61.9 Å². The smallest absolute Gasteiger partial charge is 0.407 e. The van der Waals surface area contributed by atoms with Crippen molar-refractivity contribution in [1.82, 2.24) is 15.2 Å². The summed E-state index contributed by atoms with van der Waals surface area (Å²) in [6.07, 6.45) is 2.75. The molecule has 3 atom stereocenters. The zero-order valence-corrected chi connectivity index (χ0v) is 23.0. The summed E-state index contributed by atoms with van der Waals surface area (Å²) in [5, 5.41) is 13.1. The Morgan fingerprint density at radius 2 is 1.75 bits per heavy atom. The molecule has 1 aliphatic heterocycles. The lowest BCUT2D eigenvalue weighted by molar-refractivity contribution is -0.130. The number of likely N-dealkylation sites (N-methyl/N-ethyl adjacent to an activating group) is 1. The van der Waals surface area contributed by atoms with Crippen LogP contribution in [0.25, 0.3) is 10.9 Å². The normalized spacial score (nSPS) is 19.6. The second-order valence-electron chi connectivity index (χ2n) is 10.6. The second-order valence-corrected chi connectivity index (χ2v) is 10.6. The van der Waals surface area contributed by atoms with Crippen molar-refractivity contribution >= 4 is 46.1 Å². The number of fused-ring (bicyclic) bond motifs is 2. The van der Waals surface area contributed by atoms with Crippen LogP contribution in [0.2, 0.25) is 0 Å². The van der Waals surface area contributed by atoms with Gasteiger partial charge in [-0.2, -0.15) is 0 Å². The van der Waals surface area contributed by atoms with Crippen molar-refractivity contribution in [2.24, 2.45) is 0 Å². The molecular weight excluding hydrogens is 510 g/mol. The largest absolute Gasteiger partial charge is 0.465 e. The molecule has 0 bridgehead atoms. The monoisotopic (exact) mass is 543 g/mol. The van der Waals surface area contributed by atoms with Gasteiger partial charge in [-0.1, -0.05) is 30.3 Å². The van der Waals surface area contributed by atoms with Crippen molar-refractivity contribution in [2.75, 3.05) is 16.8 Å². The van der Waals surface area contributed by atoms with E-state index in [4.69, 9.17) is 0 Å². The number of para-hydroxylation sites is 3. The summed E-state index contributed by atoms with van der Waals surface area (Å²) < 4.78 is 0. The lowest BCUT2D eigenvalue weighted by Crippen LogP contribution is -2.60. The molecule has 0 spiro atoms. The minimum Gasteiger partial charge on any atom is -0.465 e. The molecule has 1 fully saturated rings. The summed E-state index contributed by atoms with van der Waals surface area (Å²) in [4.78, 5) is 60.8. The van der Waals surface area contributed by atoms with Crippen LogP contribution in [0.3, 0.4) is 0 Å². The number of benzene rings is 2. The molecule has 1 aliphatic carbocycles. The van der Waals surface area contributed by atoms with E-state index in [1.165, 1.54) is 25.8 Å². The van der Waals surface area contributed by atoms with Gasteiger partial charge in [0.15, 0.2) is 0 Å². The van der Waals surface area contributed by atoms with E-state index in [-0.39, 0.29) is 18.4 Å². The number of carboxylic acid groups (broad SMARTS) is 1. The van der Waals surface area contributed by atoms with Crippen LogP contribution < -0.4 is 15.1 Å². The number of nitrogens with zero attached hydrogens (tertiary/aromatic N) is 4. The molecule has 1 saturated carbocycles. The van der Waals surface area contributed by atoms with Crippen LogP contribution in [-0.2, 0) is 20.9 Å². The van der Waals surface area contributed by atoms with E-state index in [9.17, 15) is 24.3 Å². The summed E-state index contributed by atoms with van der Waals surface area (Å²) in [5.41, 5.74) is 4.04. The van der Waals surface area contributed by atoms with Crippen LogP contribution in [0.5, 0.6) is 0 Å². The van der Waals surface area contributed by atoms with Gasteiger partial charge >= 0.3 is 6.09 Å². The lowest BCUT2D eigenvalue weighted by Gasteiger charge is -2.32. The summed E-state index contributed by atoms with van der Waals surface area (Å²) in [6, 6.07) is 12.1. The van der Waals surface area contributed by atoms with Crippen LogP contribution in [0.4, 0.5) is 16.2 Å². The molecule has 10 heteroatoms. The van der Waals surface area contributed by atoms with Crippen LogP contribution in [-0.4, -0.2) is 64.0 Å². The zero-order valence-electron chi connectivity index (χ0n) is 23.0. The topological polar surface area (TPSA) is 123 Å². The van der Waals surface area contributed by atoms with Gasteiger partial charge in [-0.25, -0.2) is 4.79 Å². The Morgan fingerprint density at radius 1 is 1.10 bits per heavy atom. The van der Waals surface area contributed by atoms with Crippen LogP contribution in [0.15, 0.2) is 54.7 Å². The minimum absolute atomic E-state index is 0.222. The van der Waals surface area contributed by atoms with E-state index in [0.717, 1.165) is 39.8 Å². The van der Waals surface area contributed by atoms with Gasteiger partial charge in [0.05, 0.1) is 29.5 Å². The first-order valence-electron chi connectivity index (χ1n) is 13.4. The average molecular weight is 544 g/mol. The predicted octanol–water partition coefficient (Wildman–Crippen LogP) is 3.88. The van der Waals surface area contributed by atoms with E-state index in [0.29, 0.717) is 17.3 Å². The van der Waals surface area contributed by atoms with Crippen LogP contribution in [0.1, 0.15) is 50.7 Å². The van der Waals surface area contributed by atoms with Crippen molar-refractivity contribution in [2.45, 2.75) is 64.2 Å². The highest BCUT2D eigenvalue weighted by atomic mass is 16.4. The molecule has 40 heavy (non-hydrogen) atoms. The Hall–Kier alpha value is -4.47. The van der Waals surface area contributed by atoms with Crippen molar-refractivity contribution in [3.63, 3.8) is 0 Å². The Bertz CT molecular complexity index is 1500. The molecule has 0 unspecified atom stereocenters. The fourth-order valence-corrected chi connectivity index (χ4v) is 5.47. The van der Waals surface area contributed by atoms with Gasteiger partial charge in [-0.15, -0.1) is 0 Å². The number of nitrogens with one attached hydrogen (secondary N) is 1. The molecule has 4 amide bonds. The van der Waals surface area contributed by atoms with Gasteiger partial charge < -0.3 is 20.2 Å². The summed E-state index contributed by atoms with van der Waals surface area (Å²) in [5.74, 6) is -0.917. The maximum Gasteiger partial charge on any atom is 0.407 e. The number of amides is 4. The van der Waals surface area contributed by atoms with Gasteiger partial charge in [0.25, 0.3) is 5.91 Å². The molecule has 2 heterocycles. The second kappa shape index (κ2) is 10.6. The molecule has 2 N–H and O–H groups in total. The SMILES string of the molecule is CC(=O)N1c2ccccc2N(Cc2c(C3CC3)cnc3ccccc23)C(=O)[C@@H](NC(=O)[C@H](C)N(C)C(=O)O)[C@@H]1C. The Labute approximate surface area is 232 Å². The Balaban J connectivity index is 1.62. The van der Waals surface area contributed by atoms with E-state index in [1.807, 2.05) is 42.6 Å². The third-order valence-electron chi connectivity index (χ3n) is 8.01. The number of carbonyl (C=O) groups excluding carboxylic acids is 3. The number of pyridine rings is 1. The van der Waals surface area contributed by atoms with Crippen LogP contribution in [0, 0.1) is 0 Å². The number of rotatable bonds is 6. The van der Waals surface area contributed by atoms with Gasteiger partial charge in [-0.3, -0.25) is 24.3 Å². The number of carbonyl (C=O) groups is 4. The first kappa shape index (κ1) is 27.1. The molecule has 0 radical (unpaired) electrons. The average Bonchev–Trinajstić information content (AvgIpc) is 3.79. The van der Waals surface area contributed by atoms with Gasteiger partial charge in [0.2, 0.25) is 11.8 Å². The van der Waals surface area contributed by atoms with Crippen molar-refractivity contribution in [3.05, 3.63) is 65.9 Å². The standard InChI is InChI=1S/C30H33N5O5/c1-17-27(32-28(37)18(2)33(4)30(39)40)29(38)34(25-11-7-8-12-26(25)35(17)19(3)36)16-23-21-9-5-6-10-24(21)31-15-22(23)20-13-14-20/h5-12,15,17-18,20,27H,13-14,16H2,1-4H3,(H,32,37)(H,39,40)/t17-,18-,27-/m0/s1. The summed E-state index contributed by atoms with van der Waals surface area (Å²) in [6.45, 7) is 4.82. The fourth-order valence-electron chi connectivity index (χ4n) is 5.47. The molecule has 2 aliphatic rings. The molecule has 0 saturated heterocycles. The zero-order chi connectivity index (χ0) is 28.7. The number of hydrogen-bond acceptors (Lipinski definition) is 5. The lowest BCUT2D eigenvalue weighted by atomic mass is 9.99. The highest BCUT2D eigenvalue weighted by Gasteiger charge is 2.42. The van der Waals surface area contributed by atoms with E-state index in [2.05, 4.69) is 10.3 Å². The van der Waals surface area contributed by atoms with E-state index >= 15 is 0 Å². The highest BCUT2D eigenvalue weighted by molar-refractivity contribution is 6.08. The highest BCUT2D eigenvalue weighted by Crippen LogP contribution is 2.44. The number of aromatic nitrogens is 1. The Kier molecular flexibility index (Phi) is 7.18. The molecule has 10 nitrogen and oxygen atoms in total. The molecule has 2 aromatic carbocycles. The predicted molar refractivity (Wildman–Crippen MR) is 151 cm³/mol. The number of hydrogen-bond donors (Lipinski definition) is 2. The first-order valence-corrected chi connectivity index (χ1v) is 13.4. The maximum absolute atomic E-state index is 14.4.